The summed E-state index contributed by atoms with van der Waals surface area (Å²) in [5.41, 5.74) is 2.62. The zero-order chi connectivity index (χ0) is 13.9. The fourth-order valence-corrected chi connectivity index (χ4v) is 2.44. The number of epoxide rings is 2. The van der Waals surface area contributed by atoms with Gasteiger partial charge >= 0.3 is 0 Å². The number of para-hydroxylation sites is 1. The van der Waals surface area contributed by atoms with Crippen molar-refractivity contribution >= 4 is 0 Å². The van der Waals surface area contributed by atoms with Crippen LogP contribution in [0.4, 0.5) is 0 Å². The van der Waals surface area contributed by atoms with E-state index in [0.717, 1.165) is 31.8 Å². The molecule has 2 aliphatic heterocycles. The molecule has 1 aromatic carbocycles. The summed E-state index contributed by atoms with van der Waals surface area (Å²) in [6, 6.07) is 6.52. The van der Waals surface area contributed by atoms with Crippen molar-refractivity contribution in [3.05, 3.63) is 29.3 Å². The molecule has 0 radical (unpaired) electrons. The van der Waals surface area contributed by atoms with Crippen molar-refractivity contribution in [1.82, 2.24) is 0 Å². The Morgan fingerprint density at radius 1 is 1.20 bits per heavy atom. The molecule has 3 atom stereocenters. The maximum atomic E-state index is 6.09. The molecule has 3 rings (SSSR count). The Kier molecular flexibility index (Phi) is 4.27. The van der Waals surface area contributed by atoms with Crippen molar-refractivity contribution in [2.24, 2.45) is 5.92 Å². The van der Waals surface area contributed by atoms with Crippen LogP contribution in [-0.4, -0.2) is 32.0 Å². The van der Waals surface area contributed by atoms with Gasteiger partial charge in [0.1, 0.15) is 18.5 Å². The summed E-state index contributed by atoms with van der Waals surface area (Å²) in [6.07, 6.45) is 3.94. The average Bonchev–Trinajstić information content (AvgIpc) is 3.32. The predicted octanol–water partition coefficient (Wildman–Crippen LogP) is 2.99. The fraction of sp³-hybridized carbons (Fsp3) is 0.647. The summed E-state index contributed by atoms with van der Waals surface area (Å²) in [6.45, 7) is 6.95. The molecular formula is C17H24O3. The molecule has 3 heteroatoms. The minimum absolute atomic E-state index is 0.302. The Morgan fingerprint density at radius 3 is 2.55 bits per heavy atom. The molecule has 0 aromatic heterocycles. The Labute approximate surface area is 121 Å². The molecule has 2 saturated heterocycles. The van der Waals surface area contributed by atoms with Gasteiger partial charge in [-0.05, 0) is 23.5 Å². The second-order valence-corrected chi connectivity index (χ2v) is 6.05. The molecule has 0 aliphatic carbocycles. The van der Waals surface area contributed by atoms with E-state index in [2.05, 4.69) is 32.0 Å². The summed E-state index contributed by atoms with van der Waals surface area (Å²) >= 11 is 0. The molecule has 2 aliphatic rings. The zero-order valence-corrected chi connectivity index (χ0v) is 12.4. The lowest BCUT2D eigenvalue weighted by Gasteiger charge is -2.17. The number of hydrogen-bond acceptors (Lipinski definition) is 3. The van der Waals surface area contributed by atoms with Gasteiger partial charge in [-0.15, -0.1) is 0 Å². The molecule has 20 heavy (non-hydrogen) atoms. The second kappa shape index (κ2) is 6.15. The number of rotatable bonds is 8. The average molecular weight is 276 g/mol. The third-order valence-corrected chi connectivity index (χ3v) is 4.11. The van der Waals surface area contributed by atoms with Crippen LogP contribution in [0, 0.1) is 5.92 Å². The Balaban J connectivity index is 1.77. The lowest BCUT2D eigenvalue weighted by molar-refractivity contribution is 0.257. The van der Waals surface area contributed by atoms with Crippen molar-refractivity contribution in [2.45, 2.75) is 45.3 Å². The highest BCUT2D eigenvalue weighted by molar-refractivity contribution is 5.42. The molecule has 3 nitrogen and oxygen atoms in total. The molecule has 1 aromatic rings. The first-order chi connectivity index (χ1) is 9.76. The van der Waals surface area contributed by atoms with Crippen LogP contribution in [0.3, 0.4) is 0 Å². The maximum absolute atomic E-state index is 6.09. The van der Waals surface area contributed by atoms with Crippen LogP contribution in [0.25, 0.3) is 0 Å². The monoisotopic (exact) mass is 276 g/mol. The summed E-state index contributed by atoms with van der Waals surface area (Å²) in [5.74, 6) is 1.76. The SMILES string of the molecule is CCC(C)Cc1cccc(CC2CO2)c1OCC1CO1. The van der Waals surface area contributed by atoms with Gasteiger partial charge in [0.05, 0.1) is 19.3 Å². The quantitative estimate of drug-likeness (QED) is 0.685. The first-order valence-electron chi connectivity index (χ1n) is 7.73. The predicted molar refractivity (Wildman–Crippen MR) is 78.3 cm³/mol. The first-order valence-corrected chi connectivity index (χ1v) is 7.73. The van der Waals surface area contributed by atoms with Crippen LogP contribution in [0.2, 0.25) is 0 Å². The van der Waals surface area contributed by atoms with Gasteiger partial charge < -0.3 is 14.2 Å². The summed E-state index contributed by atoms with van der Waals surface area (Å²) in [5, 5.41) is 0. The summed E-state index contributed by atoms with van der Waals surface area (Å²) in [4.78, 5) is 0. The van der Waals surface area contributed by atoms with Gasteiger partial charge in [0.25, 0.3) is 0 Å². The number of benzene rings is 1. The van der Waals surface area contributed by atoms with Crippen LogP contribution >= 0.6 is 0 Å². The van der Waals surface area contributed by atoms with E-state index in [1.807, 2.05) is 0 Å². The standard InChI is InChI=1S/C17H24O3/c1-3-12(2)7-13-5-4-6-14(8-15-9-18-15)17(13)20-11-16-10-19-16/h4-6,12,15-16H,3,7-11H2,1-2H3. The minimum Gasteiger partial charge on any atom is -0.490 e. The van der Waals surface area contributed by atoms with Crippen molar-refractivity contribution in [1.29, 1.82) is 0 Å². The van der Waals surface area contributed by atoms with Crippen molar-refractivity contribution in [2.75, 3.05) is 19.8 Å². The van der Waals surface area contributed by atoms with E-state index in [1.54, 1.807) is 0 Å². The Morgan fingerprint density at radius 2 is 1.90 bits per heavy atom. The van der Waals surface area contributed by atoms with Gasteiger partial charge in [0.2, 0.25) is 0 Å². The van der Waals surface area contributed by atoms with Crippen LogP contribution in [0.5, 0.6) is 5.75 Å². The van der Waals surface area contributed by atoms with E-state index < -0.39 is 0 Å². The first kappa shape index (κ1) is 13.9. The molecule has 0 spiro atoms. The van der Waals surface area contributed by atoms with E-state index in [9.17, 15) is 0 Å². The molecule has 0 N–H and O–H groups in total. The molecule has 0 bridgehead atoms. The number of ether oxygens (including phenoxy) is 3. The van der Waals surface area contributed by atoms with Crippen LogP contribution in [0.1, 0.15) is 31.4 Å². The van der Waals surface area contributed by atoms with E-state index in [0.29, 0.717) is 24.7 Å². The lowest BCUT2D eigenvalue weighted by Crippen LogP contribution is -2.10. The van der Waals surface area contributed by atoms with Gasteiger partial charge in [-0.2, -0.15) is 0 Å². The van der Waals surface area contributed by atoms with E-state index in [4.69, 9.17) is 14.2 Å². The van der Waals surface area contributed by atoms with Gasteiger partial charge in [-0.3, -0.25) is 0 Å². The molecule has 2 fully saturated rings. The second-order valence-electron chi connectivity index (χ2n) is 6.05. The van der Waals surface area contributed by atoms with Crippen LogP contribution < -0.4 is 4.74 Å². The van der Waals surface area contributed by atoms with Crippen molar-refractivity contribution in [3.8, 4) is 5.75 Å². The number of hydrogen-bond donors (Lipinski definition) is 0. The molecule has 2 heterocycles. The van der Waals surface area contributed by atoms with Crippen molar-refractivity contribution in [3.63, 3.8) is 0 Å². The normalized spacial score (nSPS) is 25.3. The lowest BCUT2D eigenvalue weighted by atomic mass is 9.95. The third kappa shape index (κ3) is 3.74. The van der Waals surface area contributed by atoms with Gasteiger partial charge in [-0.1, -0.05) is 38.5 Å². The molecule has 110 valence electrons. The molecule has 3 unspecified atom stereocenters. The molecule has 0 amide bonds. The van der Waals surface area contributed by atoms with Crippen LogP contribution in [-0.2, 0) is 22.3 Å². The van der Waals surface area contributed by atoms with Crippen molar-refractivity contribution < 1.29 is 14.2 Å². The smallest absolute Gasteiger partial charge is 0.125 e. The largest absolute Gasteiger partial charge is 0.490 e. The summed E-state index contributed by atoms with van der Waals surface area (Å²) < 4.78 is 16.7. The van der Waals surface area contributed by atoms with Crippen LogP contribution in [0.15, 0.2) is 18.2 Å². The highest BCUT2D eigenvalue weighted by atomic mass is 16.6. The molecular weight excluding hydrogens is 252 g/mol. The van der Waals surface area contributed by atoms with E-state index in [-0.39, 0.29) is 0 Å². The topological polar surface area (TPSA) is 34.3 Å². The Bertz CT molecular complexity index is 450. The van der Waals surface area contributed by atoms with Gasteiger partial charge in [0, 0.05) is 6.42 Å². The Hall–Kier alpha value is -1.06. The summed E-state index contributed by atoms with van der Waals surface area (Å²) in [7, 11) is 0. The van der Waals surface area contributed by atoms with E-state index >= 15 is 0 Å². The zero-order valence-electron chi connectivity index (χ0n) is 12.4. The third-order valence-electron chi connectivity index (χ3n) is 4.11. The minimum atomic E-state index is 0.302. The van der Waals surface area contributed by atoms with E-state index in [1.165, 1.54) is 17.5 Å². The highest BCUT2D eigenvalue weighted by Crippen LogP contribution is 2.31. The maximum Gasteiger partial charge on any atom is 0.125 e. The molecule has 0 saturated carbocycles. The fourth-order valence-electron chi connectivity index (χ4n) is 2.44. The highest BCUT2D eigenvalue weighted by Gasteiger charge is 2.27. The van der Waals surface area contributed by atoms with Gasteiger partial charge in [-0.25, -0.2) is 0 Å². The van der Waals surface area contributed by atoms with Gasteiger partial charge in [0.15, 0.2) is 0 Å².